The van der Waals surface area contributed by atoms with Crippen molar-refractivity contribution in [2.24, 2.45) is 0 Å². The number of nitrogens with zero attached hydrogens (tertiary/aromatic N) is 2. The fraction of sp³-hybridized carbons (Fsp3) is 0.379. The molecule has 4 rings (SSSR count). The highest BCUT2D eigenvalue weighted by molar-refractivity contribution is 5.70. The van der Waals surface area contributed by atoms with Crippen molar-refractivity contribution in [1.29, 1.82) is 0 Å². The molecule has 184 valence electrons. The minimum absolute atomic E-state index is 0.0218. The number of amides is 1. The highest BCUT2D eigenvalue weighted by atomic mass is 16.6. The monoisotopic (exact) mass is 474 g/mol. The summed E-state index contributed by atoms with van der Waals surface area (Å²) in [6.45, 7) is 8.57. The van der Waals surface area contributed by atoms with Crippen LogP contribution in [-0.4, -0.2) is 32.8 Å². The Bertz CT molecular complexity index is 1230. The van der Waals surface area contributed by atoms with Gasteiger partial charge < -0.3 is 19.3 Å². The number of hydrogen-bond acceptors (Lipinski definition) is 4. The number of aryl methyl sites for hydroxylation is 1. The summed E-state index contributed by atoms with van der Waals surface area (Å²) in [5.74, 6) is 0. The number of pyridine rings is 1. The van der Waals surface area contributed by atoms with Gasteiger partial charge >= 0.3 is 6.09 Å². The fourth-order valence-corrected chi connectivity index (χ4v) is 4.97. The quantitative estimate of drug-likeness (QED) is 0.491. The van der Waals surface area contributed by atoms with Crippen LogP contribution < -0.4 is 5.56 Å². The number of carbonyl (C=O) groups excluding carboxylic acids is 1. The Labute approximate surface area is 206 Å². The van der Waals surface area contributed by atoms with E-state index in [4.69, 9.17) is 4.74 Å². The van der Waals surface area contributed by atoms with E-state index in [0.717, 1.165) is 22.3 Å². The molecule has 0 saturated carbocycles. The smallest absolute Gasteiger partial charge is 0.411 e. The third-order valence-corrected chi connectivity index (χ3v) is 6.82. The van der Waals surface area contributed by atoms with Crippen LogP contribution >= 0.6 is 0 Å². The molecule has 2 aromatic carbocycles. The van der Waals surface area contributed by atoms with Crippen molar-refractivity contribution in [3.05, 3.63) is 94.4 Å². The summed E-state index contributed by atoms with van der Waals surface area (Å²) in [7, 11) is 0. The molecule has 0 radical (unpaired) electrons. The van der Waals surface area contributed by atoms with Crippen LogP contribution in [0, 0.1) is 0 Å². The van der Waals surface area contributed by atoms with Crippen LogP contribution in [0.15, 0.2) is 77.7 Å². The van der Waals surface area contributed by atoms with E-state index in [2.05, 4.69) is 0 Å². The van der Waals surface area contributed by atoms with Crippen LogP contribution in [0.3, 0.4) is 0 Å². The molecule has 0 aliphatic carbocycles. The lowest BCUT2D eigenvalue weighted by molar-refractivity contribution is -0.101. The molecule has 2 unspecified atom stereocenters. The van der Waals surface area contributed by atoms with E-state index in [1.54, 1.807) is 29.4 Å². The average molecular weight is 475 g/mol. The maximum atomic E-state index is 13.3. The first-order chi connectivity index (χ1) is 16.6. The molecule has 6 heteroatoms. The first-order valence-corrected chi connectivity index (χ1v) is 12.2. The van der Waals surface area contributed by atoms with Crippen molar-refractivity contribution in [3.8, 4) is 11.1 Å². The number of cyclic esters (lactones) is 1. The minimum atomic E-state index is -0.989. The van der Waals surface area contributed by atoms with Gasteiger partial charge in [-0.15, -0.1) is 0 Å². The van der Waals surface area contributed by atoms with Crippen molar-refractivity contribution in [2.45, 2.75) is 64.3 Å². The van der Waals surface area contributed by atoms with E-state index in [1.165, 1.54) is 0 Å². The van der Waals surface area contributed by atoms with Gasteiger partial charge in [-0.2, -0.15) is 0 Å². The first-order valence-electron chi connectivity index (χ1n) is 12.2. The molecule has 1 aliphatic rings. The van der Waals surface area contributed by atoms with Gasteiger partial charge in [0.05, 0.1) is 11.6 Å². The number of benzene rings is 2. The lowest BCUT2D eigenvalue weighted by atomic mass is 9.80. The molecule has 1 N–H and O–H groups in total. The summed E-state index contributed by atoms with van der Waals surface area (Å²) in [4.78, 5) is 27.2. The SMILES string of the molecule is CCn1ccc(-c2ccc(C(C)N3CCC(CC(C)(C)O)(c4ccccc4)OC3=O)cc2)cc1=O. The normalized spacial score (nSPS) is 19.3. The number of aliphatic hydroxyl groups is 1. The zero-order valence-electron chi connectivity index (χ0n) is 20.9. The van der Waals surface area contributed by atoms with Gasteiger partial charge in [0, 0.05) is 38.2 Å². The molecule has 1 saturated heterocycles. The van der Waals surface area contributed by atoms with E-state index in [9.17, 15) is 14.7 Å². The molecule has 1 fully saturated rings. The number of hydrogen-bond donors (Lipinski definition) is 1. The molecular weight excluding hydrogens is 440 g/mol. The molecule has 0 bridgehead atoms. The van der Waals surface area contributed by atoms with E-state index in [1.807, 2.05) is 80.7 Å². The first kappa shape index (κ1) is 24.7. The second-order valence-electron chi connectivity index (χ2n) is 10.00. The summed E-state index contributed by atoms with van der Waals surface area (Å²) >= 11 is 0. The van der Waals surface area contributed by atoms with E-state index in [0.29, 0.717) is 25.9 Å². The number of carbonyl (C=O) groups is 1. The zero-order valence-corrected chi connectivity index (χ0v) is 20.9. The number of rotatable bonds is 7. The Balaban J connectivity index is 1.53. The van der Waals surface area contributed by atoms with Gasteiger partial charge in [-0.25, -0.2) is 4.79 Å². The molecule has 3 aromatic rings. The molecule has 1 amide bonds. The van der Waals surface area contributed by atoms with Gasteiger partial charge in [0.1, 0.15) is 5.60 Å². The third-order valence-electron chi connectivity index (χ3n) is 6.82. The minimum Gasteiger partial charge on any atom is -0.438 e. The maximum absolute atomic E-state index is 13.3. The van der Waals surface area contributed by atoms with Crippen molar-refractivity contribution in [1.82, 2.24) is 9.47 Å². The lowest BCUT2D eigenvalue weighted by Crippen LogP contribution is -2.51. The molecule has 2 atom stereocenters. The summed E-state index contributed by atoms with van der Waals surface area (Å²) in [5, 5.41) is 10.6. The molecular formula is C29H34N2O4. The highest BCUT2D eigenvalue weighted by Gasteiger charge is 2.46. The fourth-order valence-electron chi connectivity index (χ4n) is 4.97. The summed E-state index contributed by atoms with van der Waals surface area (Å²) in [5.41, 5.74) is 1.84. The summed E-state index contributed by atoms with van der Waals surface area (Å²) in [6, 6.07) is 21.1. The van der Waals surface area contributed by atoms with E-state index < -0.39 is 11.2 Å². The average Bonchev–Trinajstić information content (AvgIpc) is 2.83. The second-order valence-corrected chi connectivity index (χ2v) is 10.00. The number of aromatic nitrogens is 1. The van der Waals surface area contributed by atoms with Crippen LogP contribution in [0.2, 0.25) is 0 Å². The topological polar surface area (TPSA) is 71.8 Å². The Hall–Kier alpha value is -3.38. The summed E-state index contributed by atoms with van der Waals surface area (Å²) < 4.78 is 7.77. The van der Waals surface area contributed by atoms with Crippen LogP contribution in [0.5, 0.6) is 0 Å². The van der Waals surface area contributed by atoms with Crippen molar-refractivity contribution in [2.75, 3.05) is 6.54 Å². The lowest BCUT2D eigenvalue weighted by Gasteiger charge is -2.45. The highest BCUT2D eigenvalue weighted by Crippen LogP contribution is 2.42. The zero-order chi connectivity index (χ0) is 25.2. The predicted octanol–water partition coefficient (Wildman–Crippen LogP) is 5.50. The van der Waals surface area contributed by atoms with E-state index in [-0.39, 0.29) is 17.7 Å². The van der Waals surface area contributed by atoms with Crippen LogP contribution in [-0.2, 0) is 16.9 Å². The van der Waals surface area contributed by atoms with Gasteiger partial charge in [-0.05, 0) is 56.0 Å². The van der Waals surface area contributed by atoms with Crippen LogP contribution in [0.1, 0.15) is 57.7 Å². The van der Waals surface area contributed by atoms with Crippen molar-refractivity contribution in [3.63, 3.8) is 0 Å². The third kappa shape index (κ3) is 5.33. The van der Waals surface area contributed by atoms with Crippen molar-refractivity contribution >= 4 is 6.09 Å². The molecule has 0 spiro atoms. The Kier molecular flexibility index (Phi) is 6.86. The Morgan fingerprint density at radius 3 is 2.29 bits per heavy atom. The van der Waals surface area contributed by atoms with E-state index >= 15 is 0 Å². The maximum Gasteiger partial charge on any atom is 0.411 e. The predicted molar refractivity (Wildman–Crippen MR) is 137 cm³/mol. The molecule has 1 aromatic heterocycles. The van der Waals surface area contributed by atoms with Crippen LogP contribution in [0.25, 0.3) is 11.1 Å². The van der Waals surface area contributed by atoms with Crippen molar-refractivity contribution < 1.29 is 14.6 Å². The second kappa shape index (κ2) is 9.70. The Morgan fingerprint density at radius 1 is 1.03 bits per heavy atom. The number of ether oxygens (including phenoxy) is 1. The Morgan fingerprint density at radius 2 is 1.71 bits per heavy atom. The molecule has 6 nitrogen and oxygen atoms in total. The standard InChI is InChI=1S/C29H34N2O4/c1-5-30-17-15-24(19-26(30)32)23-13-11-22(12-14-23)21(2)31-18-16-29(35-27(31)33,20-28(3,4)34)25-9-7-6-8-10-25/h6-15,17,19,21,34H,5,16,18,20H2,1-4H3. The largest absolute Gasteiger partial charge is 0.438 e. The molecule has 2 heterocycles. The van der Waals surface area contributed by atoms with Gasteiger partial charge in [0.25, 0.3) is 5.56 Å². The molecule has 35 heavy (non-hydrogen) atoms. The van der Waals surface area contributed by atoms with Gasteiger partial charge in [0.2, 0.25) is 0 Å². The summed E-state index contributed by atoms with van der Waals surface area (Å²) in [6.07, 6.45) is 2.33. The molecule has 1 aliphatic heterocycles. The van der Waals surface area contributed by atoms with Gasteiger partial charge in [-0.3, -0.25) is 4.79 Å². The van der Waals surface area contributed by atoms with Gasteiger partial charge in [-0.1, -0.05) is 54.6 Å². The van der Waals surface area contributed by atoms with Crippen LogP contribution in [0.4, 0.5) is 4.79 Å². The van der Waals surface area contributed by atoms with Gasteiger partial charge in [0.15, 0.2) is 0 Å².